The van der Waals surface area contributed by atoms with Crippen molar-refractivity contribution >= 4 is 57.4 Å². The molecule has 0 unspecified atom stereocenters. The standard InChI is InChI=1S/C65H50N2/c1-49-27-41-61(42-28-49)67(60-25-15-6-16-26-60)63-45-39-57(40-46-63)65(55-19-9-3-10-20-55)48-51-31-35-53(36-32-51)52-33-29-50(30-34-52)47-64(54-17-7-2-8-18-54)56-37-43-62(44-38-56)66(58-21-11-4-12-22-58)59-23-13-5-14-24-59/h2-48H,1H3. The molecule has 0 atom stereocenters. The van der Waals surface area contributed by atoms with E-state index in [1.165, 1.54) is 39.0 Å². The summed E-state index contributed by atoms with van der Waals surface area (Å²) in [6, 6.07) is 97.4. The van der Waals surface area contributed by atoms with Gasteiger partial charge in [-0.3, -0.25) is 0 Å². The number of hydrogen-bond donors (Lipinski definition) is 0. The van der Waals surface area contributed by atoms with Crippen molar-refractivity contribution in [3.05, 3.63) is 312 Å². The van der Waals surface area contributed by atoms with E-state index in [0.717, 1.165) is 56.4 Å². The van der Waals surface area contributed by atoms with Gasteiger partial charge >= 0.3 is 0 Å². The Labute approximate surface area is 395 Å². The number of benzene rings is 10. The lowest BCUT2D eigenvalue weighted by atomic mass is 9.94. The van der Waals surface area contributed by atoms with Crippen molar-refractivity contribution < 1.29 is 0 Å². The van der Waals surface area contributed by atoms with Gasteiger partial charge in [0, 0.05) is 34.1 Å². The van der Waals surface area contributed by atoms with Crippen LogP contribution in [0.3, 0.4) is 0 Å². The SMILES string of the molecule is Cc1ccc(N(c2ccccc2)c2ccc(C(=Cc3ccc(-c4ccc(C=C(c5ccccc5)c5ccc(N(c6ccccc6)c6ccccc6)cc5)cc4)cc3)c3ccccc3)cc2)cc1. The lowest BCUT2D eigenvalue weighted by Crippen LogP contribution is -2.09. The van der Waals surface area contributed by atoms with Crippen LogP contribution in [0.4, 0.5) is 34.1 Å². The van der Waals surface area contributed by atoms with E-state index >= 15 is 0 Å². The average Bonchev–Trinajstić information content (AvgIpc) is 3.40. The molecule has 0 aliphatic carbocycles. The van der Waals surface area contributed by atoms with Crippen molar-refractivity contribution in [2.24, 2.45) is 0 Å². The summed E-state index contributed by atoms with van der Waals surface area (Å²) in [5, 5.41) is 0. The zero-order valence-electron chi connectivity index (χ0n) is 37.5. The Morgan fingerprint density at radius 3 is 0.821 bits per heavy atom. The molecule has 0 amide bonds. The molecule has 10 aromatic carbocycles. The fraction of sp³-hybridized carbons (Fsp3) is 0.0154. The van der Waals surface area contributed by atoms with E-state index in [9.17, 15) is 0 Å². The summed E-state index contributed by atoms with van der Waals surface area (Å²) in [5.41, 5.74) is 19.6. The third kappa shape index (κ3) is 9.85. The number of para-hydroxylation sites is 3. The van der Waals surface area contributed by atoms with Crippen LogP contribution in [0.25, 0.3) is 34.4 Å². The van der Waals surface area contributed by atoms with Crippen LogP contribution in [0.1, 0.15) is 38.9 Å². The molecule has 0 fully saturated rings. The maximum Gasteiger partial charge on any atom is 0.0462 e. The number of rotatable bonds is 13. The minimum Gasteiger partial charge on any atom is -0.311 e. The molecule has 2 heteroatoms. The van der Waals surface area contributed by atoms with Gasteiger partial charge in [-0.05, 0) is 148 Å². The van der Waals surface area contributed by atoms with Gasteiger partial charge in [-0.2, -0.15) is 0 Å². The summed E-state index contributed by atoms with van der Waals surface area (Å²) in [6.45, 7) is 2.13. The first kappa shape index (κ1) is 42.2. The van der Waals surface area contributed by atoms with E-state index in [-0.39, 0.29) is 0 Å². The van der Waals surface area contributed by atoms with Crippen LogP contribution in [-0.2, 0) is 0 Å². The molecule has 0 saturated carbocycles. The Balaban J connectivity index is 0.913. The molecule has 320 valence electrons. The van der Waals surface area contributed by atoms with Crippen LogP contribution in [-0.4, -0.2) is 0 Å². The van der Waals surface area contributed by atoms with Gasteiger partial charge in [-0.15, -0.1) is 0 Å². The van der Waals surface area contributed by atoms with E-state index in [2.05, 4.69) is 302 Å². The fourth-order valence-electron chi connectivity index (χ4n) is 8.68. The first-order valence-electron chi connectivity index (χ1n) is 22.9. The molecule has 0 aliphatic heterocycles. The molecule has 2 nitrogen and oxygen atoms in total. The first-order valence-corrected chi connectivity index (χ1v) is 22.9. The second-order valence-electron chi connectivity index (χ2n) is 16.7. The van der Waals surface area contributed by atoms with Crippen LogP contribution in [0.2, 0.25) is 0 Å². The molecule has 10 aromatic rings. The predicted molar refractivity (Wildman–Crippen MR) is 286 cm³/mol. The number of hydrogen-bond acceptors (Lipinski definition) is 2. The van der Waals surface area contributed by atoms with Crippen LogP contribution in [0.5, 0.6) is 0 Å². The zero-order valence-corrected chi connectivity index (χ0v) is 37.5. The Kier molecular flexibility index (Phi) is 12.6. The summed E-state index contributed by atoms with van der Waals surface area (Å²) in [6.07, 6.45) is 4.60. The molecule has 0 saturated heterocycles. The summed E-state index contributed by atoms with van der Waals surface area (Å²) < 4.78 is 0. The Morgan fingerprint density at radius 1 is 0.254 bits per heavy atom. The second kappa shape index (κ2) is 20.0. The highest BCUT2D eigenvalue weighted by Crippen LogP contribution is 2.38. The van der Waals surface area contributed by atoms with E-state index in [1.54, 1.807) is 0 Å². The predicted octanol–water partition coefficient (Wildman–Crippen LogP) is 17.8. The van der Waals surface area contributed by atoms with E-state index < -0.39 is 0 Å². The van der Waals surface area contributed by atoms with Gasteiger partial charge in [0.25, 0.3) is 0 Å². The smallest absolute Gasteiger partial charge is 0.0462 e. The normalized spacial score (nSPS) is 11.5. The van der Waals surface area contributed by atoms with Gasteiger partial charge in [0.1, 0.15) is 0 Å². The summed E-state index contributed by atoms with van der Waals surface area (Å²) in [4.78, 5) is 4.61. The second-order valence-corrected chi connectivity index (χ2v) is 16.7. The number of nitrogens with zero attached hydrogens (tertiary/aromatic N) is 2. The molecule has 0 aromatic heterocycles. The Morgan fingerprint density at radius 2 is 0.507 bits per heavy atom. The van der Waals surface area contributed by atoms with Crippen molar-refractivity contribution in [2.45, 2.75) is 6.92 Å². The maximum absolute atomic E-state index is 2.31. The molecule has 67 heavy (non-hydrogen) atoms. The Hall–Kier alpha value is -8.72. The first-order chi connectivity index (χ1) is 33.1. The topological polar surface area (TPSA) is 6.48 Å². The highest BCUT2D eigenvalue weighted by Gasteiger charge is 2.15. The van der Waals surface area contributed by atoms with Crippen molar-refractivity contribution in [2.75, 3.05) is 9.80 Å². The lowest BCUT2D eigenvalue weighted by molar-refractivity contribution is 1.27. The third-order valence-corrected chi connectivity index (χ3v) is 12.2. The lowest BCUT2D eigenvalue weighted by Gasteiger charge is -2.26. The van der Waals surface area contributed by atoms with E-state index in [4.69, 9.17) is 0 Å². The molecule has 0 spiro atoms. The number of anilines is 6. The highest BCUT2D eigenvalue weighted by molar-refractivity contribution is 5.94. The average molecular weight is 859 g/mol. The minimum atomic E-state index is 1.11. The summed E-state index contributed by atoms with van der Waals surface area (Å²) in [5.74, 6) is 0. The molecule has 10 rings (SSSR count). The molecular formula is C65H50N2. The van der Waals surface area contributed by atoms with Crippen LogP contribution < -0.4 is 9.80 Å². The summed E-state index contributed by atoms with van der Waals surface area (Å²) in [7, 11) is 0. The molecule has 0 radical (unpaired) electrons. The molecule has 0 bridgehead atoms. The maximum atomic E-state index is 2.31. The third-order valence-electron chi connectivity index (χ3n) is 12.2. The minimum absolute atomic E-state index is 1.11. The zero-order chi connectivity index (χ0) is 45.2. The fourth-order valence-corrected chi connectivity index (χ4v) is 8.68. The van der Waals surface area contributed by atoms with E-state index in [0.29, 0.717) is 0 Å². The molecule has 0 aliphatic rings. The summed E-state index contributed by atoms with van der Waals surface area (Å²) >= 11 is 0. The van der Waals surface area contributed by atoms with Crippen molar-refractivity contribution in [3.8, 4) is 11.1 Å². The van der Waals surface area contributed by atoms with Crippen LogP contribution in [0.15, 0.2) is 273 Å². The molecule has 0 heterocycles. The molecule has 0 N–H and O–H groups in total. The van der Waals surface area contributed by atoms with Gasteiger partial charge in [0.2, 0.25) is 0 Å². The van der Waals surface area contributed by atoms with Gasteiger partial charge in [-0.1, -0.05) is 206 Å². The van der Waals surface area contributed by atoms with E-state index in [1.807, 2.05) is 0 Å². The van der Waals surface area contributed by atoms with Crippen molar-refractivity contribution in [1.29, 1.82) is 0 Å². The quantitative estimate of drug-likeness (QED) is 0.107. The monoisotopic (exact) mass is 858 g/mol. The van der Waals surface area contributed by atoms with Gasteiger partial charge in [0.15, 0.2) is 0 Å². The van der Waals surface area contributed by atoms with Crippen molar-refractivity contribution in [3.63, 3.8) is 0 Å². The van der Waals surface area contributed by atoms with Gasteiger partial charge in [0.05, 0.1) is 0 Å². The number of aryl methyl sites for hydroxylation is 1. The molecular weight excluding hydrogens is 809 g/mol. The van der Waals surface area contributed by atoms with Crippen LogP contribution in [0, 0.1) is 6.92 Å². The van der Waals surface area contributed by atoms with Gasteiger partial charge < -0.3 is 9.80 Å². The van der Waals surface area contributed by atoms with Crippen LogP contribution >= 0.6 is 0 Å². The highest BCUT2D eigenvalue weighted by atomic mass is 15.1. The largest absolute Gasteiger partial charge is 0.311 e. The van der Waals surface area contributed by atoms with Crippen molar-refractivity contribution in [1.82, 2.24) is 0 Å². The van der Waals surface area contributed by atoms with Gasteiger partial charge in [-0.25, -0.2) is 0 Å². The Bertz CT molecular complexity index is 3160.